The zero-order valence-electron chi connectivity index (χ0n) is 13.4. The first kappa shape index (κ1) is 15.7. The van der Waals surface area contributed by atoms with Crippen molar-refractivity contribution < 1.29 is 4.79 Å². The highest BCUT2D eigenvalue weighted by Crippen LogP contribution is 2.23. The molecule has 3 rings (SSSR count). The number of hydrogen-bond donors (Lipinski definition) is 1. The van der Waals surface area contributed by atoms with Crippen LogP contribution < -0.4 is 5.32 Å². The monoisotopic (exact) mass is 328 g/mol. The normalized spacial score (nSPS) is 11.0. The molecular formula is C17H20N4OS. The van der Waals surface area contributed by atoms with Gasteiger partial charge in [0.15, 0.2) is 5.82 Å². The number of nitrogens with one attached hydrogen (secondary N) is 1. The quantitative estimate of drug-likeness (QED) is 0.756. The Morgan fingerprint density at radius 3 is 2.96 bits per heavy atom. The van der Waals surface area contributed by atoms with E-state index in [1.165, 1.54) is 5.56 Å². The van der Waals surface area contributed by atoms with Gasteiger partial charge in [0.1, 0.15) is 0 Å². The van der Waals surface area contributed by atoms with Gasteiger partial charge in [-0.25, -0.2) is 4.52 Å². The van der Waals surface area contributed by atoms with Crippen LogP contribution in [0.15, 0.2) is 29.6 Å². The summed E-state index contributed by atoms with van der Waals surface area (Å²) in [5.41, 5.74) is 3.30. The fraction of sp³-hybridized carbons (Fsp3) is 0.353. The van der Waals surface area contributed by atoms with Crippen molar-refractivity contribution >= 4 is 22.2 Å². The highest BCUT2D eigenvalue weighted by atomic mass is 32.1. The highest BCUT2D eigenvalue weighted by Gasteiger charge is 2.12. The van der Waals surface area contributed by atoms with Gasteiger partial charge < -0.3 is 5.32 Å². The van der Waals surface area contributed by atoms with Crippen LogP contribution in [0.3, 0.4) is 0 Å². The molecule has 23 heavy (non-hydrogen) atoms. The number of benzene rings is 1. The van der Waals surface area contributed by atoms with Crippen molar-refractivity contribution in [3.63, 3.8) is 0 Å². The van der Waals surface area contributed by atoms with Crippen molar-refractivity contribution in [3.05, 3.63) is 40.9 Å². The van der Waals surface area contributed by atoms with Crippen LogP contribution in [0.5, 0.6) is 0 Å². The summed E-state index contributed by atoms with van der Waals surface area (Å²) in [4.78, 5) is 17.0. The van der Waals surface area contributed by atoms with Crippen molar-refractivity contribution in [2.24, 2.45) is 0 Å². The zero-order chi connectivity index (χ0) is 16.2. The first-order valence-corrected chi connectivity index (χ1v) is 8.73. The predicted molar refractivity (Wildman–Crippen MR) is 92.7 cm³/mol. The second-order valence-electron chi connectivity index (χ2n) is 5.52. The number of aromatic nitrogens is 3. The highest BCUT2D eigenvalue weighted by molar-refractivity contribution is 7.15. The molecule has 0 aliphatic heterocycles. The Bertz CT molecular complexity index is 821. The van der Waals surface area contributed by atoms with Crippen LogP contribution in [0.2, 0.25) is 0 Å². The zero-order valence-corrected chi connectivity index (χ0v) is 14.2. The Kier molecular flexibility index (Phi) is 4.71. The smallest absolute Gasteiger partial charge is 0.219 e. The Labute approximate surface area is 139 Å². The molecule has 0 radical (unpaired) electrons. The van der Waals surface area contributed by atoms with E-state index in [9.17, 15) is 4.79 Å². The first-order valence-electron chi connectivity index (χ1n) is 7.85. The summed E-state index contributed by atoms with van der Waals surface area (Å²) in [7, 11) is 0. The van der Waals surface area contributed by atoms with Crippen LogP contribution in [0.1, 0.15) is 31.0 Å². The summed E-state index contributed by atoms with van der Waals surface area (Å²) < 4.78 is 1.89. The van der Waals surface area contributed by atoms with Gasteiger partial charge in [-0.1, -0.05) is 31.2 Å². The lowest BCUT2D eigenvalue weighted by molar-refractivity contribution is -0.121. The van der Waals surface area contributed by atoms with Crippen LogP contribution in [-0.2, 0) is 11.2 Å². The van der Waals surface area contributed by atoms with Gasteiger partial charge in [-0.05, 0) is 18.9 Å². The Hall–Kier alpha value is -2.21. The van der Waals surface area contributed by atoms with E-state index in [0.717, 1.165) is 34.9 Å². The largest absolute Gasteiger partial charge is 0.356 e. The molecule has 2 aromatic heterocycles. The van der Waals surface area contributed by atoms with Crippen molar-refractivity contribution in [2.45, 2.75) is 33.1 Å². The molecule has 0 bridgehead atoms. The Balaban J connectivity index is 1.76. The van der Waals surface area contributed by atoms with Gasteiger partial charge in [-0.15, -0.1) is 16.4 Å². The number of aryl methyl sites for hydroxylation is 1. The molecule has 1 aromatic carbocycles. The van der Waals surface area contributed by atoms with Crippen LogP contribution in [0.4, 0.5) is 0 Å². The molecule has 2 heterocycles. The summed E-state index contributed by atoms with van der Waals surface area (Å²) >= 11 is 1.58. The van der Waals surface area contributed by atoms with E-state index >= 15 is 0 Å². The number of thiazole rings is 1. The van der Waals surface area contributed by atoms with Crippen LogP contribution in [-0.4, -0.2) is 27.0 Å². The maximum Gasteiger partial charge on any atom is 0.219 e. The van der Waals surface area contributed by atoms with E-state index in [0.29, 0.717) is 13.0 Å². The predicted octanol–water partition coefficient (Wildman–Crippen LogP) is 3.23. The topological polar surface area (TPSA) is 59.3 Å². The number of rotatable bonds is 6. The Morgan fingerprint density at radius 1 is 1.35 bits per heavy atom. The molecule has 0 aliphatic rings. The molecule has 120 valence electrons. The lowest BCUT2D eigenvalue weighted by atomic mass is 10.1. The van der Waals surface area contributed by atoms with Gasteiger partial charge in [0.25, 0.3) is 0 Å². The molecule has 0 fully saturated rings. The molecule has 0 spiro atoms. The number of fused-ring (bicyclic) bond motifs is 1. The number of carbonyl (C=O) groups is 1. The molecule has 1 N–H and O–H groups in total. The average Bonchev–Trinajstić information content (AvgIpc) is 3.10. The molecule has 0 saturated carbocycles. The SMILES string of the molecule is CCCC(=O)NCCc1csc2nc(-c3ccccc3C)nn12. The third-order valence-electron chi connectivity index (χ3n) is 3.72. The molecule has 0 saturated heterocycles. The van der Waals surface area contributed by atoms with Crippen molar-refractivity contribution in [1.29, 1.82) is 0 Å². The number of amides is 1. The lowest BCUT2D eigenvalue weighted by Gasteiger charge is -2.03. The van der Waals surface area contributed by atoms with E-state index in [-0.39, 0.29) is 5.91 Å². The second-order valence-corrected chi connectivity index (χ2v) is 6.36. The number of carbonyl (C=O) groups excluding carboxylic acids is 1. The van der Waals surface area contributed by atoms with E-state index in [1.807, 2.05) is 29.6 Å². The minimum atomic E-state index is 0.109. The summed E-state index contributed by atoms with van der Waals surface area (Å²) in [5, 5.41) is 9.64. The maximum atomic E-state index is 11.5. The maximum absolute atomic E-state index is 11.5. The third kappa shape index (κ3) is 3.42. The molecule has 0 atom stereocenters. The molecule has 0 aliphatic carbocycles. The molecule has 5 nitrogen and oxygen atoms in total. The van der Waals surface area contributed by atoms with Crippen molar-refractivity contribution in [3.8, 4) is 11.4 Å². The van der Waals surface area contributed by atoms with Gasteiger partial charge in [0.2, 0.25) is 10.9 Å². The Morgan fingerprint density at radius 2 is 2.17 bits per heavy atom. The fourth-order valence-electron chi connectivity index (χ4n) is 2.48. The average molecular weight is 328 g/mol. The second kappa shape index (κ2) is 6.91. The van der Waals surface area contributed by atoms with E-state index in [2.05, 4.69) is 33.8 Å². The van der Waals surface area contributed by atoms with Crippen LogP contribution >= 0.6 is 11.3 Å². The van der Waals surface area contributed by atoms with Gasteiger partial charge in [0, 0.05) is 30.3 Å². The third-order valence-corrected chi connectivity index (χ3v) is 4.58. The molecular weight excluding hydrogens is 308 g/mol. The van der Waals surface area contributed by atoms with Gasteiger partial charge in [-0.3, -0.25) is 4.79 Å². The summed E-state index contributed by atoms with van der Waals surface area (Å²) in [6.45, 7) is 4.70. The molecule has 3 aromatic rings. The van der Waals surface area contributed by atoms with Crippen LogP contribution in [0.25, 0.3) is 16.3 Å². The number of nitrogens with zero attached hydrogens (tertiary/aromatic N) is 3. The number of hydrogen-bond acceptors (Lipinski definition) is 4. The van der Waals surface area contributed by atoms with Gasteiger partial charge >= 0.3 is 0 Å². The van der Waals surface area contributed by atoms with E-state index in [4.69, 9.17) is 0 Å². The standard InChI is InChI=1S/C17H20N4OS/c1-3-6-15(22)18-10-9-13-11-23-17-19-16(20-21(13)17)14-8-5-4-7-12(14)2/h4-5,7-8,11H,3,6,9-10H2,1-2H3,(H,18,22). The van der Waals surface area contributed by atoms with Crippen molar-refractivity contribution in [2.75, 3.05) is 6.54 Å². The summed E-state index contributed by atoms with van der Waals surface area (Å²) in [5.74, 6) is 0.865. The van der Waals surface area contributed by atoms with Gasteiger partial charge in [0.05, 0.1) is 5.69 Å². The van der Waals surface area contributed by atoms with Crippen LogP contribution in [0, 0.1) is 6.92 Å². The molecule has 6 heteroatoms. The first-order chi connectivity index (χ1) is 11.2. The van der Waals surface area contributed by atoms with E-state index in [1.54, 1.807) is 11.3 Å². The lowest BCUT2D eigenvalue weighted by Crippen LogP contribution is -2.25. The minimum Gasteiger partial charge on any atom is -0.356 e. The summed E-state index contributed by atoms with van der Waals surface area (Å²) in [6.07, 6.45) is 2.21. The fourth-order valence-corrected chi connectivity index (χ4v) is 3.34. The van der Waals surface area contributed by atoms with Gasteiger partial charge in [-0.2, -0.15) is 4.98 Å². The summed E-state index contributed by atoms with van der Waals surface area (Å²) in [6, 6.07) is 8.12. The molecule has 1 amide bonds. The van der Waals surface area contributed by atoms with E-state index < -0.39 is 0 Å². The van der Waals surface area contributed by atoms with Crippen molar-refractivity contribution in [1.82, 2.24) is 19.9 Å². The minimum absolute atomic E-state index is 0.109. The molecule has 0 unspecified atom stereocenters.